The van der Waals surface area contributed by atoms with Crippen LogP contribution >= 0.6 is 23.1 Å². The zero-order valence-corrected chi connectivity index (χ0v) is 9.68. The maximum Gasteiger partial charge on any atom is 0.242 e. The van der Waals surface area contributed by atoms with Gasteiger partial charge in [-0.15, -0.1) is 11.6 Å². The standard InChI is InChI=1S/C10H9ClN2OS/c1-13(9(14)6-11)10-7-4-2-3-5-8(7)12-15-10/h2-5H,6H2,1H3. The van der Waals surface area contributed by atoms with Crippen molar-refractivity contribution in [1.82, 2.24) is 4.37 Å². The number of anilines is 1. The lowest BCUT2D eigenvalue weighted by Gasteiger charge is -2.12. The number of hydrogen-bond donors (Lipinski definition) is 0. The molecule has 1 amide bonds. The average Bonchev–Trinajstić information content (AvgIpc) is 2.70. The molecule has 0 aliphatic rings. The van der Waals surface area contributed by atoms with E-state index in [4.69, 9.17) is 11.6 Å². The van der Waals surface area contributed by atoms with Crippen molar-refractivity contribution in [3.05, 3.63) is 24.3 Å². The maximum atomic E-state index is 11.4. The van der Waals surface area contributed by atoms with E-state index in [1.807, 2.05) is 24.3 Å². The zero-order valence-electron chi connectivity index (χ0n) is 8.11. The fourth-order valence-corrected chi connectivity index (χ4v) is 2.34. The number of fused-ring (bicyclic) bond motifs is 1. The molecule has 0 fully saturated rings. The number of rotatable bonds is 2. The number of halogens is 1. The Bertz CT molecular complexity index is 497. The summed E-state index contributed by atoms with van der Waals surface area (Å²) in [5.74, 6) is -0.131. The molecule has 15 heavy (non-hydrogen) atoms. The normalized spacial score (nSPS) is 10.5. The molecule has 2 aromatic rings. The molecule has 1 aromatic heterocycles. The van der Waals surface area contributed by atoms with Crippen LogP contribution in [0.2, 0.25) is 0 Å². The van der Waals surface area contributed by atoms with Crippen molar-refractivity contribution in [1.29, 1.82) is 0 Å². The van der Waals surface area contributed by atoms with Crippen molar-refractivity contribution in [3.63, 3.8) is 0 Å². The maximum absolute atomic E-state index is 11.4. The van der Waals surface area contributed by atoms with Crippen molar-refractivity contribution in [2.45, 2.75) is 0 Å². The first-order valence-electron chi connectivity index (χ1n) is 4.41. The predicted octanol–water partition coefficient (Wildman–Crippen LogP) is 2.50. The van der Waals surface area contributed by atoms with Crippen LogP contribution in [-0.2, 0) is 4.79 Å². The molecular formula is C10H9ClN2OS. The highest BCUT2D eigenvalue weighted by molar-refractivity contribution is 7.12. The fourth-order valence-electron chi connectivity index (χ4n) is 1.32. The molecule has 0 N–H and O–H groups in total. The molecule has 0 bridgehead atoms. The third-order valence-electron chi connectivity index (χ3n) is 2.16. The van der Waals surface area contributed by atoms with Gasteiger partial charge < -0.3 is 4.90 Å². The molecule has 0 aliphatic heterocycles. The van der Waals surface area contributed by atoms with Gasteiger partial charge in [-0.1, -0.05) is 12.1 Å². The van der Waals surface area contributed by atoms with Crippen molar-refractivity contribution in [2.24, 2.45) is 0 Å². The molecule has 0 unspecified atom stereocenters. The summed E-state index contributed by atoms with van der Waals surface area (Å²) in [7, 11) is 1.71. The van der Waals surface area contributed by atoms with E-state index in [-0.39, 0.29) is 11.8 Å². The Morgan fingerprint density at radius 1 is 1.53 bits per heavy atom. The Labute approximate surface area is 96.4 Å². The van der Waals surface area contributed by atoms with Gasteiger partial charge in [0.25, 0.3) is 0 Å². The van der Waals surface area contributed by atoms with Crippen LogP contribution in [0.5, 0.6) is 0 Å². The van der Waals surface area contributed by atoms with Crippen molar-refractivity contribution >= 4 is 44.9 Å². The summed E-state index contributed by atoms with van der Waals surface area (Å²) in [6.07, 6.45) is 0. The Morgan fingerprint density at radius 2 is 2.27 bits per heavy atom. The van der Waals surface area contributed by atoms with Gasteiger partial charge in [0, 0.05) is 12.4 Å². The molecule has 1 aromatic carbocycles. The summed E-state index contributed by atoms with van der Waals surface area (Å²) in [5.41, 5.74) is 0.909. The number of amides is 1. The quantitative estimate of drug-likeness (QED) is 0.756. The minimum absolute atomic E-state index is 0.0112. The van der Waals surface area contributed by atoms with Gasteiger partial charge in [0.2, 0.25) is 5.91 Å². The van der Waals surface area contributed by atoms with Gasteiger partial charge in [0.05, 0.1) is 5.52 Å². The molecule has 0 radical (unpaired) electrons. The fraction of sp³-hybridized carbons (Fsp3) is 0.200. The van der Waals surface area contributed by atoms with E-state index in [0.29, 0.717) is 0 Å². The second kappa shape index (κ2) is 4.16. The summed E-state index contributed by atoms with van der Waals surface area (Å²) in [6, 6.07) is 7.73. The second-order valence-electron chi connectivity index (χ2n) is 3.09. The van der Waals surface area contributed by atoms with Gasteiger partial charge >= 0.3 is 0 Å². The zero-order chi connectivity index (χ0) is 10.8. The number of carbonyl (C=O) groups is 1. The van der Waals surface area contributed by atoms with Gasteiger partial charge in [-0.2, -0.15) is 4.37 Å². The molecule has 1 heterocycles. The topological polar surface area (TPSA) is 33.2 Å². The van der Waals surface area contributed by atoms with Gasteiger partial charge in [-0.3, -0.25) is 4.79 Å². The van der Waals surface area contributed by atoms with Crippen LogP contribution in [0.3, 0.4) is 0 Å². The van der Waals surface area contributed by atoms with Crippen LogP contribution in [0, 0.1) is 0 Å². The summed E-state index contributed by atoms with van der Waals surface area (Å²) >= 11 is 6.82. The molecule has 3 nitrogen and oxygen atoms in total. The Kier molecular flexibility index (Phi) is 2.88. The van der Waals surface area contributed by atoms with E-state index in [9.17, 15) is 4.79 Å². The highest BCUT2D eigenvalue weighted by atomic mass is 35.5. The molecule has 0 saturated carbocycles. The minimum Gasteiger partial charge on any atom is -0.304 e. The predicted molar refractivity (Wildman–Crippen MR) is 63.8 cm³/mol. The lowest BCUT2D eigenvalue weighted by atomic mass is 10.2. The summed E-state index contributed by atoms with van der Waals surface area (Å²) in [6.45, 7) is 0. The number of alkyl halides is 1. The summed E-state index contributed by atoms with van der Waals surface area (Å²) < 4.78 is 4.26. The SMILES string of the molecule is CN(C(=O)CCl)c1snc2ccccc12. The largest absolute Gasteiger partial charge is 0.304 e. The van der Waals surface area contributed by atoms with Crippen LogP contribution in [0.25, 0.3) is 10.9 Å². The van der Waals surface area contributed by atoms with E-state index in [2.05, 4.69) is 4.37 Å². The molecule has 0 aliphatic carbocycles. The molecule has 0 spiro atoms. The molecule has 5 heteroatoms. The third kappa shape index (κ3) is 1.82. The van der Waals surface area contributed by atoms with Crippen molar-refractivity contribution in [3.8, 4) is 0 Å². The first-order chi connectivity index (χ1) is 7.24. The van der Waals surface area contributed by atoms with Crippen LogP contribution in [0.15, 0.2) is 24.3 Å². The number of carbonyl (C=O) groups excluding carboxylic acids is 1. The smallest absolute Gasteiger partial charge is 0.242 e. The van der Waals surface area contributed by atoms with Gasteiger partial charge in [0.15, 0.2) is 0 Å². The number of benzene rings is 1. The Morgan fingerprint density at radius 3 is 3.00 bits per heavy atom. The molecule has 2 rings (SSSR count). The number of hydrogen-bond acceptors (Lipinski definition) is 3. The molecule has 0 saturated heterocycles. The first kappa shape index (κ1) is 10.4. The van der Waals surface area contributed by atoms with Gasteiger partial charge in [-0.25, -0.2) is 0 Å². The van der Waals surface area contributed by atoms with E-state index in [1.54, 1.807) is 11.9 Å². The average molecular weight is 241 g/mol. The second-order valence-corrected chi connectivity index (χ2v) is 4.11. The number of aromatic nitrogens is 1. The summed E-state index contributed by atoms with van der Waals surface area (Å²) in [4.78, 5) is 13.0. The van der Waals surface area contributed by atoms with E-state index in [0.717, 1.165) is 15.9 Å². The lowest BCUT2D eigenvalue weighted by Crippen LogP contribution is -2.26. The molecular weight excluding hydrogens is 232 g/mol. The monoisotopic (exact) mass is 240 g/mol. The highest BCUT2D eigenvalue weighted by Crippen LogP contribution is 2.30. The molecule has 0 atom stereocenters. The highest BCUT2D eigenvalue weighted by Gasteiger charge is 2.14. The van der Waals surface area contributed by atoms with E-state index >= 15 is 0 Å². The third-order valence-corrected chi connectivity index (χ3v) is 3.34. The van der Waals surface area contributed by atoms with E-state index < -0.39 is 0 Å². The van der Waals surface area contributed by atoms with Crippen LogP contribution in [0.1, 0.15) is 0 Å². The van der Waals surface area contributed by atoms with Crippen LogP contribution in [0.4, 0.5) is 5.00 Å². The van der Waals surface area contributed by atoms with Gasteiger partial charge in [-0.05, 0) is 23.7 Å². The van der Waals surface area contributed by atoms with Crippen LogP contribution < -0.4 is 4.90 Å². The summed E-state index contributed by atoms with van der Waals surface area (Å²) in [5, 5.41) is 1.83. The molecule has 78 valence electrons. The van der Waals surface area contributed by atoms with Gasteiger partial charge in [0.1, 0.15) is 10.9 Å². The minimum atomic E-state index is -0.119. The van der Waals surface area contributed by atoms with E-state index in [1.165, 1.54) is 11.5 Å². The lowest BCUT2D eigenvalue weighted by molar-refractivity contribution is -0.115. The Hall–Kier alpha value is -1.13. The van der Waals surface area contributed by atoms with Crippen LogP contribution in [-0.4, -0.2) is 23.2 Å². The number of nitrogens with zero attached hydrogens (tertiary/aromatic N) is 2. The first-order valence-corrected chi connectivity index (χ1v) is 5.71. The Balaban J connectivity index is 2.48. The van der Waals surface area contributed by atoms with Crippen molar-refractivity contribution < 1.29 is 4.79 Å². The van der Waals surface area contributed by atoms with Crippen molar-refractivity contribution in [2.75, 3.05) is 17.8 Å².